The highest BCUT2D eigenvalue weighted by molar-refractivity contribution is 7.89. The minimum Gasteiger partial charge on any atom is -0.458 e. The predicted molar refractivity (Wildman–Crippen MR) is 119 cm³/mol. The van der Waals surface area contributed by atoms with Crippen LogP contribution in [0.25, 0.3) is 11.5 Å². The molecule has 0 saturated heterocycles. The van der Waals surface area contributed by atoms with Crippen molar-refractivity contribution in [3.63, 3.8) is 0 Å². The van der Waals surface area contributed by atoms with Gasteiger partial charge in [-0.1, -0.05) is 41.4 Å². The number of carbonyl (C=O) groups excluding carboxylic acids is 1. The number of aryl methyl sites for hydroxylation is 1. The molecule has 1 heterocycles. The molecule has 170 valence electrons. The van der Waals surface area contributed by atoms with Crippen LogP contribution in [0.4, 0.5) is 0 Å². The van der Waals surface area contributed by atoms with Gasteiger partial charge in [-0.3, -0.25) is 4.79 Å². The molecule has 0 radical (unpaired) electrons. The summed E-state index contributed by atoms with van der Waals surface area (Å²) in [5.41, 5.74) is 1.12. The fourth-order valence-corrected chi connectivity index (χ4v) is 4.36. The van der Waals surface area contributed by atoms with Gasteiger partial charge in [-0.2, -0.15) is 4.72 Å². The minimum atomic E-state index is -4.20. The number of aliphatic hydroxyl groups excluding tert-OH is 1. The van der Waals surface area contributed by atoms with Gasteiger partial charge in [0.15, 0.2) is 0 Å². The molecule has 11 heteroatoms. The van der Waals surface area contributed by atoms with Crippen LogP contribution in [0.15, 0.2) is 57.8 Å². The standard InChI is InChI=1S/C21H20Cl2N2O6S/c1-12(26)19(25-32(28,29)15-8-9-16(22)17(23)10-15)21(27)30-11-18-13(2)31-20(24-18)14-6-4-3-5-7-14/h3-10,12,19,25-26H,11H2,1-2H3. The summed E-state index contributed by atoms with van der Waals surface area (Å²) in [6.45, 7) is 2.67. The SMILES string of the molecule is Cc1oc(-c2ccccc2)nc1COC(=O)C(NS(=O)(=O)c1ccc(Cl)c(Cl)c1)C(C)O. The van der Waals surface area contributed by atoms with E-state index in [0.29, 0.717) is 17.3 Å². The maximum absolute atomic E-state index is 12.6. The van der Waals surface area contributed by atoms with E-state index in [-0.39, 0.29) is 21.5 Å². The number of halogens is 2. The number of aliphatic hydroxyl groups is 1. The van der Waals surface area contributed by atoms with Crippen molar-refractivity contribution in [2.24, 2.45) is 0 Å². The molecule has 2 atom stereocenters. The lowest BCUT2D eigenvalue weighted by Gasteiger charge is -2.20. The van der Waals surface area contributed by atoms with Crippen LogP contribution in [0.5, 0.6) is 0 Å². The van der Waals surface area contributed by atoms with Crippen LogP contribution >= 0.6 is 23.2 Å². The van der Waals surface area contributed by atoms with Crippen molar-refractivity contribution in [1.29, 1.82) is 0 Å². The van der Waals surface area contributed by atoms with Crippen LogP contribution in [-0.2, 0) is 26.2 Å². The molecule has 2 N–H and O–H groups in total. The summed E-state index contributed by atoms with van der Waals surface area (Å²) in [7, 11) is -4.20. The topological polar surface area (TPSA) is 119 Å². The lowest BCUT2D eigenvalue weighted by Crippen LogP contribution is -2.48. The number of oxazole rings is 1. The van der Waals surface area contributed by atoms with Gasteiger partial charge in [0.25, 0.3) is 0 Å². The van der Waals surface area contributed by atoms with Gasteiger partial charge >= 0.3 is 5.97 Å². The summed E-state index contributed by atoms with van der Waals surface area (Å²) in [5, 5.41) is 10.2. The van der Waals surface area contributed by atoms with E-state index in [9.17, 15) is 18.3 Å². The van der Waals surface area contributed by atoms with Crippen molar-refractivity contribution < 1.29 is 27.5 Å². The van der Waals surface area contributed by atoms with Crippen LogP contribution in [0.2, 0.25) is 10.0 Å². The molecule has 0 saturated carbocycles. The number of rotatable bonds is 8. The average molecular weight is 499 g/mol. The lowest BCUT2D eigenvalue weighted by molar-refractivity contribution is -0.149. The molecule has 8 nitrogen and oxygen atoms in total. The molecule has 0 fully saturated rings. The van der Waals surface area contributed by atoms with E-state index in [1.165, 1.54) is 19.1 Å². The van der Waals surface area contributed by atoms with E-state index < -0.39 is 28.1 Å². The minimum absolute atomic E-state index is 0.0291. The number of sulfonamides is 1. The van der Waals surface area contributed by atoms with Gasteiger partial charge in [0.2, 0.25) is 15.9 Å². The monoisotopic (exact) mass is 498 g/mol. The molecule has 0 aliphatic rings. The zero-order chi connectivity index (χ0) is 23.5. The highest BCUT2D eigenvalue weighted by atomic mass is 35.5. The van der Waals surface area contributed by atoms with Crippen LogP contribution in [0, 0.1) is 6.92 Å². The maximum atomic E-state index is 12.6. The average Bonchev–Trinajstić information content (AvgIpc) is 3.13. The second-order valence-corrected chi connectivity index (χ2v) is 9.44. The Labute approximate surface area is 195 Å². The Morgan fingerprint density at radius 3 is 2.50 bits per heavy atom. The fourth-order valence-electron chi connectivity index (χ4n) is 2.72. The third-order valence-electron chi connectivity index (χ3n) is 4.48. The third kappa shape index (κ3) is 5.67. The van der Waals surface area contributed by atoms with Crippen molar-refractivity contribution >= 4 is 39.2 Å². The lowest BCUT2D eigenvalue weighted by atomic mass is 10.2. The zero-order valence-corrected chi connectivity index (χ0v) is 19.4. The zero-order valence-electron chi connectivity index (χ0n) is 17.1. The predicted octanol–water partition coefficient (Wildman–Crippen LogP) is 3.73. The Balaban J connectivity index is 1.72. The van der Waals surface area contributed by atoms with Gasteiger partial charge in [-0.15, -0.1) is 0 Å². The first-order valence-electron chi connectivity index (χ1n) is 9.42. The summed E-state index contributed by atoms with van der Waals surface area (Å²) in [4.78, 5) is 16.7. The summed E-state index contributed by atoms with van der Waals surface area (Å²) in [6, 6.07) is 11.3. The van der Waals surface area contributed by atoms with E-state index >= 15 is 0 Å². The third-order valence-corrected chi connectivity index (χ3v) is 6.66. The van der Waals surface area contributed by atoms with Crippen molar-refractivity contribution in [2.75, 3.05) is 0 Å². The van der Waals surface area contributed by atoms with Gasteiger partial charge in [-0.05, 0) is 44.2 Å². The van der Waals surface area contributed by atoms with Crippen molar-refractivity contribution in [3.05, 3.63) is 70.0 Å². The molecule has 1 aromatic heterocycles. The molecule has 3 aromatic rings. The Hall–Kier alpha value is -2.43. The molecule has 3 rings (SSSR count). The number of nitrogens with zero attached hydrogens (tertiary/aromatic N) is 1. The summed E-state index contributed by atoms with van der Waals surface area (Å²) < 4.78 is 38.3. The number of benzene rings is 2. The van der Waals surface area contributed by atoms with Crippen LogP contribution in [-0.4, -0.2) is 36.6 Å². The molecule has 32 heavy (non-hydrogen) atoms. The second-order valence-electron chi connectivity index (χ2n) is 6.91. The largest absolute Gasteiger partial charge is 0.458 e. The molecule has 0 aliphatic carbocycles. The van der Waals surface area contributed by atoms with Gasteiger partial charge in [0, 0.05) is 5.56 Å². The molecule has 0 bridgehead atoms. The molecular formula is C21H20Cl2N2O6S. The number of hydrogen-bond acceptors (Lipinski definition) is 7. The maximum Gasteiger partial charge on any atom is 0.327 e. The van der Waals surface area contributed by atoms with E-state index in [1.54, 1.807) is 6.92 Å². The summed E-state index contributed by atoms with van der Waals surface area (Å²) >= 11 is 11.7. The number of nitrogens with one attached hydrogen (secondary N) is 1. The van der Waals surface area contributed by atoms with E-state index in [1.807, 2.05) is 30.3 Å². The normalized spacial score (nSPS) is 13.5. The van der Waals surface area contributed by atoms with E-state index in [2.05, 4.69) is 9.71 Å². The van der Waals surface area contributed by atoms with E-state index in [0.717, 1.165) is 11.6 Å². The summed E-state index contributed by atoms with van der Waals surface area (Å²) in [6.07, 6.45) is -1.38. The first-order chi connectivity index (χ1) is 15.1. The number of aromatic nitrogens is 1. The Bertz CT molecular complexity index is 1210. The molecule has 2 aromatic carbocycles. The molecular weight excluding hydrogens is 479 g/mol. The van der Waals surface area contributed by atoms with Crippen LogP contribution in [0.3, 0.4) is 0 Å². The van der Waals surface area contributed by atoms with Gasteiger partial charge in [-0.25, -0.2) is 13.4 Å². The molecule has 0 amide bonds. The Kier molecular flexibility index (Phi) is 7.58. The number of carbonyl (C=O) groups is 1. The number of esters is 1. The van der Waals surface area contributed by atoms with Crippen LogP contribution < -0.4 is 4.72 Å². The number of hydrogen-bond donors (Lipinski definition) is 2. The summed E-state index contributed by atoms with van der Waals surface area (Å²) in [5.74, 6) is -0.171. The van der Waals surface area contributed by atoms with Crippen molar-refractivity contribution in [3.8, 4) is 11.5 Å². The number of ether oxygens (including phenoxy) is 1. The highest BCUT2D eigenvalue weighted by Crippen LogP contribution is 2.25. The quantitative estimate of drug-likeness (QED) is 0.454. The first kappa shape index (κ1) is 24.2. The van der Waals surface area contributed by atoms with Crippen LogP contribution in [0.1, 0.15) is 18.4 Å². The van der Waals surface area contributed by atoms with Crippen molar-refractivity contribution in [2.45, 2.75) is 37.5 Å². The van der Waals surface area contributed by atoms with E-state index in [4.69, 9.17) is 32.4 Å². The highest BCUT2D eigenvalue weighted by Gasteiger charge is 2.31. The second kappa shape index (κ2) is 10.0. The molecule has 2 unspecified atom stereocenters. The smallest absolute Gasteiger partial charge is 0.327 e. The first-order valence-corrected chi connectivity index (χ1v) is 11.7. The molecule has 0 spiro atoms. The van der Waals surface area contributed by atoms with Crippen molar-refractivity contribution in [1.82, 2.24) is 9.71 Å². The van der Waals surface area contributed by atoms with Gasteiger partial charge in [0.05, 0.1) is 21.0 Å². The van der Waals surface area contributed by atoms with Gasteiger partial charge in [0.1, 0.15) is 24.1 Å². The fraction of sp³-hybridized carbons (Fsp3) is 0.238. The van der Waals surface area contributed by atoms with Gasteiger partial charge < -0.3 is 14.3 Å². The molecule has 0 aliphatic heterocycles. The Morgan fingerprint density at radius 2 is 1.88 bits per heavy atom. The Morgan fingerprint density at radius 1 is 1.19 bits per heavy atom.